The van der Waals surface area contributed by atoms with Crippen molar-refractivity contribution in [2.24, 2.45) is 0 Å². The normalized spacial score (nSPS) is 20.3. The zero-order valence-electron chi connectivity index (χ0n) is 9.23. The molecule has 1 fully saturated rings. The number of carbonyl (C=O) groups excluding carboxylic acids is 1. The maximum Gasteiger partial charge on any atom is 0.246 e. The van der Waals surface area contributed by atoms with E-state index in [-0.39, 0.29) is 18.6 Å². The number of amides is 1. The molecule has 1 aliphatic rings. The summed E-state index contributed by atoms with van der Waals surface area (Å²) in [6, 6.07) is 7.75. The Bertz CT molecular complexity index is 368. The van der Waals surface area contributed by atoms with Crippen molar-refractivity contribution in [3.63, 3.8) is 0 Å². The lowest BCUT2D eigenvalue weighted by atomic mass is 10.1. The van der Waals surface area contributed by atoms with Crippen LogP contribution in [-0.4, -0.2) is 25.7 Å². The minimum absolute atomic E-state index is 0.0647. The first-order chi connectivity index (χ1) is 7.81. The molecule has 0 aliphatic carbocycles. The van der Waals surface area contributed by atoms with Gasteiger partial charge in [-0.15, -0.1) is 0 Å². The second-order valence-corrected chi connectivity index (χ2v) is 3.57. The van der Waals surface area contributed by atoms with Gasteiger partial charge in [-0.3, -0.25) is 4.79 Å². The molecule has 1 heterocycles. The van der Waals surface area contributed by atoms with Crippen LogP contribution in [0.25, 0.3) is 0 Å². The molecule has 1 N–H and O–H groups in total. The minimum Gasteiger partial charge on any atom is -0.493 e. The van der Waals surface area contributed by atoms with E-state index in [2.05, 4.69) is 5.32 Å². The fourth-order valence-electron chi connectivity index (χ4n) is 1.73. The van der Waals surface area contributed by atoms with Crippen LogP contribution in [0.4, 0.5) is 0 Å². The van der Waals surface area contributed by atoms with Crippen molar-refractivity contribution in [3.8, 4) is 5.75 Å². The van der Waals surface area contributed by atoms with Gasteiger partial charge in [0.25, 0.3) is 0 Å². The molecule has 4 heteroatoms. The lowest BCUT2D eigenvalue weighted by Gasteiger charge is -2.25. The summed E-state index contributed by atoms with van der Waals surface area (Å²) in [6.07, 6.45) is -0.111. The summed E-state index contributed by atoms with van der Waals surface area (Å²) in [5.74, 6) is 0.760. The van der Waals surface area contributed by atoms with E-state index in [4.69, 9.17) is 9.47 Å². The van der Waals surface area contributed by atoms with Crippen molar-refractivity contribution in [2.75, 3.05) is 19.8 Å². The van der Waals surface area contributed by atoms with E-state index < -0.39 is 0 Å². The van der Waals surface area contributed by atoms with Crippen LogP contribution < -0.4 is 10.1 Å². The van der Waals surface area contributed by atoms with Crippen molar-refractivity contribution in [2.45, 2.75) is 13.0 Å². The van der Waals surface area contributed by atoms with Crippen LogP contribution in [0.5, 0.6) is 5.75 Å². The van der Waals surface area contributed by atoms with Crippen LogP contribution in [0.3, 0.4) is 0 Å². The highest BCUT2D eigenvalue weighted by Gasteiger charge is 2.22. The second kappa shape index (κ2) is 4.99. The first kappa shape index (κ1) is 11.0. The summed E-state index contributed by atoms with van der Waals surface area (Å²) in [6.45, 7) is 3.18. The number of carbonyl (C=O) groups is 1. The summed E-state index contributed by atoms with van der Waals surface area (Å²) in [5.41, 5.74) is 0.990. The molecule has 16 heavy (non-hydrogen) atoms. The zero-order valence-corrected chi connectivity index (χ0v) is 9.23. The lowest BCUT2D eigenvalue weighted by Crippen LogP contribution is -2.38. The number of para-hydroxylation sites is 1. The molecule has 2 rings (SSSR count). The van der Waals surface area contributed by atoms with Crippen LogP contribution in [0.1, 0.15) is 18.6 Å². The largest absolute Gasteiger partial charge is 0.493 e. The summed E-state index contributed by atoms with van der Waals surface area (Å²) < 4.78 is 11.0. The molecule has 0 bridgehead atoms. The van der Waals surface area contributed by atoms with Gasteiger partial charge in [0.2, 0.25) is 5.91 Å². The van der Waals surface area contributed by atoms with Crippen molar-refractivity contribution in [1.82, 2.24) is 5.32 Å². The summed E-state index contributed by atoms with van der Waals surface area (Å²) >= 11 is 0. The highest BCUT2D eigenvalue weighted by atomic mass is 16.5. The van der Waals surface area contributed by atoms with E-state index in [1.807, 2.05) is 31.2 Å². The zero-order chi connectivity index (χ0) is 11.4. The molecule has 1 aliphatic heterocycles. The number of benzene rings is 1. The Morgan fingerprint density at radius 2 is 2.31 bits per heavy atom. The van der Waals surface area contributed by atoms with Gasteiger partial charge in [0.05, 0.1) is 6.61 Å². The number of morpholine rings is 1. The van der Waals surface area contributed by atoms with Gasteiger partial charge in [-0.2, -0.15) is 0 Å². The number of rotatable bonds is 3. The second-order valence-electron chi connectivity index (χ2n) is 3.57. The first-order valence-corrected chi connectivity index (χ1v) is 5.41. The predicted molar refractivity (Wildman–Crippen MR) is 59.3 cm³/mol. The molecule has 1 aromatic rings. The molecule has 0 aromatic heterocycles. The van der Waals surface area contributed by atoms with E-state index in [0.717, 1.165) is 11.3 Å². The summed E-state index contributed by atoms with van der Waals surface area (Å²) in [4.78, 5) is 11.0. The van der Waals surface area contributed by atoms with Gasteiger partial charge in [-0.05, 0) is 13.0 Å². The average Bonchev–Trinajstić information content (AvgIpc) is 2.32. The summed E-state index contributed by atoms with van der Waals surface area (Å²) in [7, 11) is 0. The van der Waals surface area contributed by atoms with E-state index >= 15 is 0 Å². The van der Waals surface area contributed by atoms with Gasteiger partial charge < -0.3 is 14.8 Å². The van der Waals surface area contributed by atoms with Gasteiger partial charge in [-0.25, -0.2) is 0 Å². The number of hydrogen-bond acceptors (Lipinski definition) is 3. The third kappa shape index (κ3) is 2.33. The monoisotopic (exact) mass is 221 g/mol. The van der Waals surface area contributed by atoms with Crippen LogP contribution in [0, 0.1) is 0 Å². The van der Waals surface area contributed by atoms with Crippen molar-refractivity contribution < 1.29 is 14.3 Å². The molecular weight excluding hydrogens is 206 g/mol. The Labute approximate surface area is 94.6 Å². The SMILES string of the molecule is CCOc1ccccc1[C@H]1CNC(=O)CO1. The maximum atomic E-state index is 11.0. The Balaban J connectivity index is 2.16. The Morgan fingerprint density at radius 1 is 1.50 bits per heavy atom. The molecule has 1 aromatic carbocycles. The fraction of sp³-hybridized carbons (Fsp3) is 0.417. The molecule has 1 saturated heterocycles. The van der Waals surface area contributed by atoms with E-state index in [9.17, 15) is 4.79 Å². The molecule has 0 unspecified atom stereocenters. The predicted octanol–water partition coefficient (Wildman–Crippen LogP) is 1.27. The van der Waals surface area contributed by atoms with Gasteiger partial charge in [-0.1, -0.05) is 18.2 Å². The molecule has 86 valence electrons. The van der Waals surface area contributed by atoms with Gasteiger partial charge >= 0.3 is 0 Å². The molecule has 1 amide bonds. The molecule has 4 nitrogen and oxygen atoms in total. The number of hydrogen-bond donors (Lipinski definition) is 1. The number of nitrogens with one attached hydrogen (secondary N) is 1. The highest BCUT2D eigenvalue weighted by molar-refractivity contribution is 5.77. The minimum atomic E-state index is -0.111. The highest BCUT2D eigenvalue weighted by Crippen LogP contribution is 2.28. The van der Waals surface area contributed by atoms with Gasteiger partial charge in [0, 0.05) is 12.1 Å². The Kier molecular flexibility index (Phi) is 3.41. The molecule has 0 saturated carbocycles. The van der Waals surface area contributed by atoms with E-state index in [1.54, 1.807) is 0 Å². The molecule has 0 radical (unpaired) electrons. The van der Waals surface area contributed by atoms with E-state index in [1.165, 1.54) is 0 Å². The van der Waals surface area contributed by atoms with Crippen LogP contribution in [0.2, 0.25) is 0 Å². The van der Waals surface area contributed by atoms with E-state index in [0.29, 0.717) is 13.2 Å². The van der Waals surface area contributed by atoms with Crippen LogP contribution in [0.15, 0.2) is 24.3 Å². The first-order valence-electron chi connectivity index (χ1n) is 5.41. The van der Waals surface area contributed by atoms with Gasteiger partial charge in [0.15, 0.2) is 0 Å². The Morgan fingerprint density at radius 3 is 3.00 bits per heavy atom. The van der Waals surface area contributed by atoms with Crippen LogP contribution in [-0.2, 0) is 9.53 Å². The third-order valence-corrected chi connectivity index (χ3v) is 2.47. The maximum absolute atomic E-state index is 11.0. The smallest absolute Gasteiger partial charge is 0.246 e. The van der Waals surface area contributed by atoms with Crippen molar-refractivity contribution in [1.29, 1.82) is 0 Å². The lowest BCUT2D eigenvalue weighted by molar-refractivity contribution is -0.133. The van der Waals surface area contributed by atoms with Crippen molar-refractivity contribution in [3.05, 3.63) is 29.8 Å². The van der Waals surface area contributed by atoms with Gasteiger partial charge in [0.1, 0.15) is 18.5 Å². The third-order valence-electron chi connectivity index (χ3n) is 2.47. The van der Waals surface area contributed by atoms with Crippen LogP contribution >= 0.6 is 0 Å². The standard InChI is InChI=1S/C12H15NO3/c1-2-15-10-6-4-3-5-9(10)11-7-13-12(14)8-16-11/h3-6,11H,2,7-8H2,1H3,(H,13,14)/t11-/m1/s1. The summed E-state index contributed by atoms with van der Waals surface area (Å²) in [5, 5.41) is 2.78. The molecule has 0 spiro atoms. The topological polar surface area (TPSA) is 47.6 Å². The quantitative estimate of drug-likeness (QED) is 0.836. The van der Waals surface area contributed by atoms with Crippen molar-refractivity contribution >= 4 is 5.91 Å². The number of ether oxygens (including phenoxy) is 2. The Hall–Kier alpha value is -1.55. The molecule has 1 atom stereocenters. The molecular formula is C12H15NO3. The average molecular weight is 221 g/mol. The fourth-order valence-corrected chi connectivity index (χ4v) is 1.73.